The molecule has 0 unspecified atom stereocenters. The number of aliphatic imine (C=N–C) groups is 1. The van der Waals surface area contributed by atoms with E-state index in [1.165, 1.54) is 5.69 Å². The number of benzene rings is 1. The second-order valence-corrected chi connectivity index (χ2v) is 8.36. The van der Waals surface area contributed by atoms with Gasteiger partial charge in [0.2, 0.25) is 0 Å². The van der Waals surface area contributed by atoms with E-state index in [1.807, 2.05) is 42.2 Å². The number of pyridine rings is 1. The fourth-order valence-corrected chi connectivity index (χ4v) is 5.01. The number of aromatic hydroxyl groups is 1. The van der Waals surface area contributed by atoms with Crippen LogP contribution in [0.2, 0.25) is 0 Å². The highest BCUT2D eigenvalue weighted by Crippen LogP contribution is 2.47. The first-order valence-corrected chi connectivity index (χ1v) is 9.97. The van der Waals surface area contributed by atoms with Crippen molar-refractivity contribution in [3.05, 3.63) is 78.4 Å². The summed E-state index contributed by atoms with van der Waals surface area (Å²) < 4.78 is 2.19. The predicted octanol–water partition coefficient (Wildman–Crippen LogP) is 4.17. The molecule has 2 aliphatic rings. The van der Waals surface area contributed by atoms with E-state index in [0.29, 0.717) is 5.25 Å². The van der Waals surface area contributed by atoms with E-state index in [4.69, 9.17) is 4.99 Å². The van der Waals surface area contributed by atoms with Gasteiger partial charge in [-0.25, -0.2) is 0 Å². The minimum absolute atomic E-state index is 0.0213. The van der Waals surface area contributed by atoms with Crippen molar-refractivity contribution in [3.8, 4) is 11.4 Å². The Kier molecular flexibility index (Phi) is 3.93. The van der Waals surface area contributed by atoms with Crippen molar-refractivity contribution in [2.24, 2.45) is 4.99 Å². The van der Waals surface area contributed by atoms with Gasteiger partial charge in [-0.05, 0) is 48.5 Å². The molecule has 0 spiro atoms. The number of nitrogens with zero attached hydrogens (tertiary/aromatic N) is 4. The first kappa shape index (κ1) is 16.4. The molecule has 27 heavy (non-hydrogen) atoms. The molecule has 4 heterocycles. The van der Waals surface area contributed by atoms with Gasteiger partial charge in [-0.15, -0.1) is 0 Å². The number of thioether (sulfide) groups is 1. The first-order chi connectivity index (χ1) is 13.2. The van der Waals surface area contributed by atoms with E-state index >= 15 is 0 Å². The molecule has 5 rings (SSSR count). The van der Waals surface area contributed by atoms with Crippen LogP contribution in [-0.2, 0) is 0 Å². The lowest BCUT2D eigenvalue weighted by atomic mass is 10.0. The van der Waals surface area contributed by atoms with Crippen LogP contribution in [-0.4, -0.2) is 36.5 Å². The number of aromatic nitrogens is 2. The number of hydrogen-bond acceptors (Lipinski definition) is 5. The van der Waals surface area contributed by atoms with Crippen LogP contribution in [0.5, 0.6) is 5.75 Å². The Hall–Kier alpha value is -2.73. The molecule has 1 saturated heterocycles. The van der Waals surface area contributed by atoms with E-state index in [1.54, 1.807) is 12.1 Å². The SMILES string of the molecule is C[C@H]1CN2C(=N[C@H](c3ccccn3)[C@@H]2c2cccn2-c2ccc(O)cc2)S1. The van der Waals surface area contributed by atoms with Gasteiger partial charge in [0.25, 0.3) is 0 Å². The molecule has 3 aromatic rings. The number of rotatable bonds is 3. The molecule has 3 atom stereocenters. The molecule has 6 heteroatoms. The van der Waals surface area contributed by atoms with Crippen LogP contribution in [0.1, 0.15) is 30.4 Å². The Balaban J connectivity index is 1.60. The molecule has 0 aliphatic carbocycles. The number of amidine groups is 1. The summed E-state index contributed by atoms with van der Waals surface area (Å²) in [6.07, 6.45) is 3.91. The highest BCUT2D eigenvalue weighted by Gasteiger charge is 2.44. The standard InChI is InChI=1S/C21H20N4OS/c1-14-13-25-20(19(23-21(25)27-14)17-5-2-3-11-22-17)18-6-4-12-24(18)15-7-9-16(26)10-8-15/h2-12,14,19-20,26H,13H2,1H3/t14-,19+,20-/m0/s1. The molecule has 0 bridgehead atoms. The quantitative estimate of drug-likeness (QED) is 0.745. The van der Waals surface area contributed by atoms with Crippen LogP contribution in [0.25, 0.3) is 5.69 Å². The Morgan fingerprint density at radius 1 is 1.07 bits per heavy atom. The fourth-order valence-electron chi connectivity index (χ4n) is 3.92. The summed E-state index contributed by atoms with van der Waals surface area (Å²) in [6, 6.07) is 17.7. The molecule has 136 valence electrons. The van der Waals surface area contributed by atoms with Gasteiger partial charge in [0, 0.05) is 35.6 Å². The van der Waals surface area contributed by atoms with Crippen LogP contribution >= 0.6 is 11.8 Å². The third-order valence-corrected chi connectivity index (χ3v) is 6.19. The highest BCUT2D eigenvalue weighted by atomic mass is 32.2. The summed E-state index contributed by atoms with van der Waals surface area (Å²) >= 11 is 1.85. The first-order valence-electron chi connectivity index (χ1n) is 9.09. The third kappa shape index (κ3) is 2.80. The monoisotopic (exact) mass is 376 g/mol. The fraction of sp³-hybridized carbons (Fsp3) is 0.238. The Labute approximate surface area is 162 Å². The smallest absolute Gasteiger partial charge is 0.160 e. The zero-order valence-corrected chi connectivity index (χ0v) is 15.8. The van der Waals surface area contributed by atoms with Crippen molar-refractivity contribution in [1.29, 1.82) is 0 Å². The van der Waals surface area contributed by atoms with Crippen molar-refractivity contribution in [2.45, 2.75) is 24.3 Å². The minimum Gasteiger partial charge on any atom is -0.508 e. The molecule has 0 saturated carbocycles. The lowest BCUT2D eigenvalue weighted by Crippen LogP contribution is -2.30. The second-order valence-electron chi connectivity index (χ2n) is 6.96. The summed E-state index contributed by atoms with van der Waals surface area (Å²) in [4.78, 5) is 12.1. The summed E-state index contributed by atoms with van der Waals surface area (Å²) in [7, 11) is 0. The normalized spacial score (nSPS) is 24.1. The lowest BCUT2D eigenvalue weighted by molar-refractivity contribution is 0.312. The summed E-state index contributed by atoms with van der Waals surface area (Å²) in [5.74, 6) is 0.273. The second kappa shape index (κ2) is 6.46. The van der Waals surface area contributed by atoms with Gasteiger partial charge in [0.05, 0.1) is 11.7 Å². The topological polar surface area (TPSA) is 53.7 Å². The molecule has 1 aromatic carbocycles. The summed E-state index contributed by atoms with van der Waals surface area (Å²) in [5.41, 5.74) is 3.21. The van der Waals surface area contributed by atoms with Crippen molar-refractivity contribution in [2.75, 3.05) is 6.54 Å². The average Bonchev–Trinajstić information content (AvgIpc) is 3.37. The van der Waals surface area contributed by atoms with E-state index in [2.05, 4.69) is 45.8 Å². The zero-order valence-electron chi connectivity index (χ0n) is 14.9. The maximum absolute atomic E-state index is 9.63. The van der Waals surface area contributed by atoms with Crippen LogP contribution in [0.15, 0.2) is 72.0 Å². The van der Waals surface area contributed by atoms with Crippen molar-refractivity contribution in [3.63, 3.8) is 0 Å². The number of fused-ring (bicyclic) bond motifs is 1. The van der Waals surface area contributed by atoms with Gasteiger partial charge in [-0.2, -0.15) is 0 Å². The average molecular weight is 376 g/mol. The molecule has 5 nitrogen and oxygen atoms in total. The van der Waals surface area contributed by atoms with Gasteiger partial charge in [0.1, 0.15) is 11.8 Å². The van der Waals surface area contributed by atoms with E-state index in [0.717, 1.165) is 23.1 Å². The van der Waals surface area contributed by atoms with Gasteiger partial charge in [0.15, 0.2) is 5.17 Å². The largest absolute Gasteiger partial charge is 0.508 e. The van der Waals surface area contributed by atoms with Gasteiger partial charge >= 0.3 is 0 Å². The molecular formula is C21H20N4OS. The van der Waals surface area contributed by atoms with Crippen LogP contribution in [0, 0.1) is 0 Å². The summed E-state index contributed by atoms with van der Waals surface area (Å²) in [6.45, 7) is 3.23. The number of phenols is 1. The summed E-state index contributed by atoms with van der Waals surface area (Å²) in [5, 5.41) is 11.3. The molecule has 1 fully saturated rings. The maximum atomic E-state index is 9.63. The zero-order chi connectivity index (χ0) is 18.4. The Morgan fingerprint density at radius 3 is 2.70 bits per heavy atom. The van der Waals surface area contributed by atoms with Crippen LogP contribution in [0.3, 0.4) is 0 Å². The van der Waals surface area contributed by atoms with Crippen molar-refractivity contribution in [1.82, 2.24) is 14.5 Å². The van der Waals surface area contributed by atoms with Crippen molar-refractivity contribution < 1.29 is 5.11 Å². The van der Waals surface area contributed by atoms with Gasteiger partial charge < -0.3 is 14.6 Å². The molecule has 2 aromatic heterocycles. The predicted molar refractivity (Wildman–Crippen MR) is 108 cm³/mol. The molecule has 1 N–H and O–H groups in total. The van der Waals surface area contributed by atoms with Gasteiger partial charge in [-0.1, -0.05) is 24.8 Å². The Bertz CT molecular complexity index is 983. The lowest BCUT2D eigenvalue weighted by Gasteiger charge is -2.28. The maximum Gasteiger partial charge on any atom is 0.160 e. The molecule has 0 amide bonds. The highest BCUT2D eigenvalue weighted by molar-refractivity contribution is 8.14. The van der Waals surface area contributed by atoms with E-state index in [-0.39, 0.29) is 17.8 Å². The van der Waals surface area contributed by atoms with Gasteiger partial charge in [-0.3, -0.25) is 9.98 Å². The molecule has 0 radical (unpaired) electrons. The molecule has 2 aliphatic heterocycles. The molecular weight excluding hydrogens is 356 g/mol. The van der Waals surface area contributed by atoms with Crippen molar-refractivity contribution >= 4 is 16.9 Å². The van der Waals surface area contributed by atoms with E-state index in [9.17, 15) is 5.11 Å². The van der Waals surface area contributed by atoms with Crippen LogP contribution < -0.4 is 0 Å². The van der Waals surface area contributed by atoms with Crippen LogP contribution in [0.4, 0.5) is 0 Å². The Morgan fingerprint density at radius 2 is 1.93 bits per heavy atom. The third-order valence-electron chi connectivity index (χ3n) is 5.09. The van der Waals surface area contributed by atoms with E-state index < -0.39 is 0 Å². The minimum atomic E-state index is -0.0213. The number of phenolic OH excluding ortho intramolecular Hbond substituents is 1. The number of hydrogen-bond donors (Lipinski definition) is 1.